The maximum absolute atomic E-state index is 11.5. The zero-order valence-electron chi connectivity index (χ0n) is 15.0. The van der Waals surface area contributed by atoms with Crippen LogP contribution in [0.25, 0.3) is 11.1 Å². The number of ether oxygens (including phenoxy) is 1. The quantitative estimate of drug-likeness (QED) is 0.499. The number of rotatable bonds is 6. The van der Waals surface area contributed by atoms with Crippen LogP contribution in [0.5, 0.6) is 0 Å². The van der Waals surface area contributed by atoms with Crippen LogP contribution in [-0.4, -0.2) is 53.9 Å². The van der Waals surface area contributed by atoms with E-state index in [4.69, 9.17) is 4.74 Å². The van der Waals surface area contributed by atoms with Crippen molar-refractivity contribution in [3.8, 4) is 11.1 Å². The minimum atomic E-state index is -0.346. The van der Waals surface area contributed by atoms with E-state index in [9.17, 15) is 4.79 Å². The Bertz CT molecular complexity index is 1060. The van der Waals surface area contributed by atoms with Gasteiger partial charge in [-0.15, -0.1) is 20.4 Å². The number of nitrogens with zero attached hydrogens (tertiary/aromatic N) is 7. The second-order valence-electron chi connectivity index (χ2n) is 6.01. The molecule has 0 radical (unpaired) electrons. The van der Waals surface area contributed by atoms with E-state index >= 15 is 0 Å². The number of hydrogen-bond acceptors (Lipinski definition) is 8. The number of methoxy groups -OCH3 is 1. The molecule has 1 N–H and O–H groups in total. The summed E-state index contributed by atoms with van der Waals surface area (Å²) in [6.45, 7) is 0.501. The third-order valence-corrected chi connectivity index (χ3v) is 4.12. The number of aromatic amines is 1. The van der Waals surface area contributed by atoms with Crippen molar-refractivity contribution in [3.05, 3.63) is 71.3 Å². The monoisotopic (exact) mass is 376 g/mol. The molecule has 0 saturated heterocycles. The molecule has 0 spiro atoms. The molecule has 0 atom stereocenters. The molecule has 28 heavy (non-hydrogen) atoms. The third kappa shape index (κ3) is 3.90. The molecule has 0 unspecified atom stereocenters. The Morgan fingerprint density at radius 1 is 1.00 bits per heavy atom. The fourth-order valence-corrected chi connectivity index (χ4v) is 2.70. The van der Waals surface area contributed by atoms with Crippen LogP contribution in [0, 0.1) is 0 Å². The summed E-state index contributed by atoms with van der Waals surface area (Å²) >= 11 is 0. The van der Waals surface area contributed by atoms with Crippen LogP contribution in [0.2, 0.25) is 0 Å². The Morgan fingerprint density at radius 3 is 2.36 bits per heavy atom. The lowest BCUT2D eigenvalue weighted by Gasteiger charge is -2.05. The molecule has 0 fully saturated rings. The second kappa shape index (κ2) is 7.74. The lowest BCUT2D eigenvalue weighted by atomic mass is 10.0. The first-order valence-electron chi connectivity index (χ1n) is 8.48. The van der Waals surface area contributed by atoms with Gasteiger partial charge in [-0.2, -0.15) is 10.0 Å². The van der Waals surface area contributed by atoms with Crippen molar-refractivity contribution in [2.75, 3.05) is 7.11 Å². The van der Waals surface area contributed by atoms with E-state index in [0.717, 1.165) is 16.7 Å². The Hall–Kier alpha value is -3.95. The number of aromatic nitrogens is 8. The number of carbonyl (C=O) groups is 1. The van der Waals surface area contributed by atoms with Crippen molar-refractivity contribution < 1.29 is 9.53 Å². The Kier molecular flexibility index (Phi) is 4.83. The van der Waals surface area contributed by atoms with E-state index < -0.39 is 0 Å². The first-order chi connectivity index (χ1) is 13.7. The normalized spacial score (nSPS) is 10.8. The van der Waals surface area contributed by atoms with E-state index in [2.05, 4.69) is 36.0 Å². The van der Waals surface area contributed by atoms with Gasteiger partial charge < -0.3 is 4.74 Å². The number of H-pyrrole nitrogens is 1. The van der Waals surface area contributed by atoms with Gasteiger partial charge in [-0.1, -0.05) is 41.6 Å². The number of benzene rings is 2. The van der Waals surface area contributed by atoms with Crippen molar-refractivity contribution >= 4 is 5.97 Å². The van der Waals surface area contributed by atoms with Gasteiger partial charge in [0, 0.05) is 0 Å². The zero-order chi connectivity index (χ0) is 19.3. The van der Waals surface area contributed by atoms with Gasteiger partial charge in [0.25, 0.3) is 0 Å². The highest BCUT2D eigenvalue weighted by molar-refractivity contribution is 5.89. The molecule has 10 nitrogen and oxygen atoms in total. The molecule has 0 aliphatic heterocycles. The van der Waals surface area contributed by atoms with Crippen LogP contribution in [0.15, 0.2) is 48.5 Å². The maximum atomic E-state index is 11.5. The summed E-state index contributed by atoms with van der Waals surface area (Å²) in [6.07, 6.45) is 0.372. The molecule has 2 aromatic carbocycles. The fraction of sp³-hybridized carbons (Fsp3) is 0.167. The predicted octanol–water partition coefficient (Wildman–Crippen LogP) is 1.28. The second-order valence-corrected chi connectivity index (χ2v) is 6.01. The van der Waals surface area contributed by atoms with Gasteiger partial charge in [0.15, 0.2) is 11.6 Å². The minimum absolute atomic E-state index is 0.346. The molecule has 0 amide bonds. The van der Waals surface area contributed by atoms with Crippen molar-refractivity contribution in [1.29, 1.82) is 0 Å². The number of hydrogen-bond donors (Lipinski definition) is 1. The highest BCUT2D eigenvalue weighted by atomic mass is 16.5. The molecule has 10 heteroatoms. The van der Waals surface area contributed by atoms with Crippen LogP contribution in [0.1, 0.15) is 27.6 Å². The maximum Gasteiger partial charge on any atom is 0.337 e. The van der Waals surface area contributed by atoms with Crippen molar-refractivity contribution in [3.63, 3.8) is 0 Å². The summed E-state index contributed by atoms with van der Waals surface area (Å²) < 4.78 is 4.72. The van der Waals surface area contributed by atoms with Crippen molar-refractivity contribution in [2.24, 2.45) is 0 Å². The van der Waals surface area contributed by atoms with Gasteiger partial charge in [-0.05, 0) is 34.0 Å². The number of carbonyl (C=O) groups excluding carboxylic acids is 1. The first kappa shape index (κ1) is 17.5. The molecule has 4 rings (SSSR count). The molecule has 0 aliphatic rings. The van der Waals surface area contributed by atoms with Gasteiger partial charge in [0.1, 0.15) is 0 Å². The first-order valence-corrected chi connectivity index (χ1v) is 8.48. The SMILES string of the molecule is COC(=O)c1ccc(-c2ccc(Cn3nnc(Cc4nn[nH]n4)n3)cc2)cc1. The van der Waals surface area contributed by atoms with E-state index in [-0.39, 0.29) is 5.97 Å². The van der Waals surface area contributed by atoms with Crippen molar-refractivity contribution in [1.82, 2.24) is 40.8 Å². The predicted molar refractivity (Wildman–Crippen MR) is 97.1 cm³/mol. The molecular weight excluding hydrogens is 360 g/mol. The zero-order valence-corrected chi connectivity index (χ0v) is 15.0. The Morgan fingerprint density at radius 2 is 1.71 bits per heavy atom. The van der Waals surface area contributed by atoms with E-state index in [0.29, 0.717) is 30.2 Å². The average molecular weight is 376 g/mol. The highest BCUT2D eigenvalue weighted by Crippen LogP contribution is 2.21. The average Bonchev–Trinajstić information content (AvgIpc) is 3.41. The lowest BCUT2D eigenvalue weighted by molar-refractivity contribution is 0.0601. The molecule has 140 valence electrons. The smallest absolute Gasteiger partial charge is 0.337 e. The Labute approximate surface area is 159 Å². The lowest BCUT2D eigenvalue weighted by Crippen LogP contribution is -2.04. The minimum Gasteiger partial charge on any atom is -0.465 e. The number of esters is 1. The third-order valence-electron chi connectivity index (χ3n) is 4.12. The summed E-state index contributed by atoms with van der Waals surface area (Å²) in [5, 5.41) is 26.0. The molecule has 0 saturated carbocycles. The van der Waals surface area contributed by atoms with E-state index in [1.807, 2.05) is 36.4 Å². The summed E-state index contributed by atoms with van der Waals surface area (Å²) in [6, 6.07) is 15.3. The molecular formula is C18H16N8O2. The molecule has 2 heterocycles. The fourth-order valence-electron chi connectivity index (χ4n) is 2.70. The van der Waals surface area contributed by atoms with Crippen LogP contribution < -0.4 is 0 Å². The standard InChI is InChI=1S/C18H16N8O2/c1-28-18(27)15-8-6-14(7-9-15)13-4-2-12(3-5-13)11-26-22-17(21-25-26)10-16-19-23-24-20-16/h2-9H,10-11H2,1H3,(H,19,20,23,24). The van der Waals surface area contributed by atoms with Crippen LogP contribution >= 0.6 is 0 Å². The van der Waals surface area contributed by atoms with Gasteiger partial charge in [0.05, 0.1) is 25.6 Å². The molecule has 2 aromatic heterocycles. The topological polar surface area (TPSA) is 124 Å². The number of tetrazole rings is 2. The summed E-state index contributed by atoms with van der Waals surface area (Å²) in [5.74, 6) is 0.701. The van der Waals surface area contributed by atoms with Crippen LogP contribution in [0.4, 0.5) is 0 Å². The van der Waals surface area contributed by atoms with Crippen LogP contribution in [-0.2, 0) is 17.7 Å². The van der Waals surface area contributed by atoms with Crippen LogP contribution in [0.3, 0.4) is 0 Å². The van der Waals surface area contributed by atoms with E-state index in [1.165, 1.54) is 11.9 Å². The molecule has 4 aromatic rings. The van der Waals surface area contributed by atoms with Gasteiger partial charge in [-0.3, -0.25) is 0 Å². The van der Waals surface area contributed by atoms with Gasteiger partial charge in [-0.25, -0.2) is 4.79 Å². The molecule has 0 aliphatic carbocycles. The summed E-state index contributed by atoms with van der Waals surface area (Å²) in [5.41, 5.74) is 3.63. The van der Waals surface area contributed by atoms with E-state index in [1.54, 1.807) is 12.1 Å². The van der Waals surface area contributed by atoms with Gasteiger partial charge in [0.2, 0.25) is 0 Å². The summed E-state index contributed by atoms with van der Waals surface area (Å²) in [4.78, 5) is 13.0. The van der Waals surface area contributed by atoms with Gasteiger partial charge >= 0.3 is 5.97 Å². The largest absolute Gasteiger partial charge is 0.465 e. The number of nitrogens with one attached hydrogen (secondary N) is 1. The molecule has 0 bridgehead atoms. The Balaban J connectivity index is 1.42. The van der Waals surface area contributed by atoms with Crippen molar-refractivity contribution in [2.45, 2.75) is 13.0 Å². The summed E-state index contributed by atoms with van der Waals surface area (Å²) in [7, 11) is 1.37. The highest BCUT2D eigenvalue weighted by Gasteiger charge is 2.08.